The van der Waals surface area contributed by atoms with Crippen LogP contribution in [0.5, 0.6) is 5.75 Å². The van der Waals surface area contributed by atoms with Gasteiger partial charge in [-0.25, -0.2) is 0 Å². The van der Waals surface area contributed by atoms with Gasteiger partial charge in [0.05, 0.1) is 0 Å². The fourth-order valence-electron chi connectivity index (χ4n) is 1.77. The zero-order valence-electron chi connectivity index (χ0n) is 13.3. The third-order valence-corrected chi connectivity index (χ3v) is 5.20. The fraction of sp³-hybridized carbons (Fsp3) is 0.467. The molecule has 0 bridgehead atoms. The van der Waals surface area contributed by atoms with E-state index >= 15 is 0 Å². The summed E-state index contributed by atoms with van der Waals surface area (Å²) in [4.78, 5) is 0. The Balaban J connectivity index is 2.70. The van der Waals surface area contributed by atoms with Gasteiger partial charge in [-0.05, 0) is 37.2 Å². The van der Waals surface area contributed by atoms with Gasteiger partial charge in [0.25, 0.3) is 0 Å². The molecule has 0 amide bonds. The van der Waals surface area contributed by atoms with Crippen molar-refractivity contribution in [2.24, 2.45) is 0 Å². The molecule has 6 heteroatoms. The van der Waals surface area contributed by atoms with E-state index in [0.29, 0.717) is 6.61 Å². The van der Waals surface area contributed by atoms with E-state index in [1.165, 1.54) is 0 Å². The normalized spacial score (nSPS) is 13.6. The molecule has 5 nitrogen and oxygen atoms in total. The number of hydrogen-bond donors (Lipinski definition) is 0. The highest BCUT2D eigenvalue weighted by Crippen LogP contribution is 2.17. The predicted octanol–water partition coefficient (Wildman–Crippen LogP) is 2.88. The lowest BCUT2D eigenvalue weighted by Crippen LogP contribution is -2.40. The first kappa shape index (κ1) is 17.9. The standard InChI is InChI=1S/C15H24O5Si/c1-6-19-13(2)20-15-9-7-14(8-10-15)11-12-21(16-3,17-4)18-5/h7-13H,6H2,1-5H3. The zero-order chi connectivity index (χ0) is 15.7. The van der Waals surface area contributed by atoms with Crippen molar-refractivity contribution >= 4 is 14.9 Å². The Labute approximate surface area is 127 Å². The first-order valence-electron chi connectivity index (χ1n) is 6.82. The van der Waals surface area contributed by atoms with Gasteiger partial charge in [-0.2, -0.15) is 0 Å². The van der Waals surface area contributed by atoms with E-state index in [-0.39, 0.29) is 6.29 Å². The summed E-state index contributed by atoms with van der Waals surface area (Å²) in [5.74, 6) is 0.766. The van der Waals surface area contributed by atoms with Crippen molar-refractivity contribution in [2.75, 3.05) is 27.9 Å². The van der Waals surface area contributed by atoms with E-state index in [1.54, 1.807) is 21.3 Å². The van der Waals surface area contributed by atoms with Crippen LogP contribution in [0.3, 0.4) is 0 Å². The van der Waals surface area contributed by atoms with Crippen LogP contribution in [0.25, 0.3) is 6.08 Å². The smallest absolute Gasteiger partial charge is 0.465 e. The Bertz CT molecular complexity index is 420. The summed E-state index contributed by atoms with van der Waals surface area (Å²) in [5, 5.41) is 0. The van der Waals surface area contributed by atoms with Gasteiger partial charge < -0.3 is 22.8 Å². The van der Waals surface area contributed by atoms with Crippen LogP contribution in [0, 0.1) is 0 Å². The molecule has 1 atom stereocenters. The van der Waals surface area contributed by atoms with Crippen LogP contribution < -0.4 is 4.74 Å². The van der Waals surface area contributed by atoms with Gasteiger partial charge in [-0.1, -0.05) is 18.2 Å². The summed E-state index contributed by atoms with van der Waals surface area (Å²) in [6, 6.07) is 7.69. The summed E-state index contributed by atoms with van der Waals surface area (Å²) in [7, 11) is 2.05. The molecular weight excluding hydrogens is 288 g/mol. The molecule has 1 rings (SSSR count). The molecule has 0 spiro atoms. The molecule has 1 aromatic rings. The zero-order valence-corrected chi connectivity index (χ0v) is 14.3. The van der Waals surface area contributed by atoms with Crippen LogP contribution in [-0.2, 0) is 18.0 Å². The fourth-order valence-corrected chi connectivity index (χ4v) is 3.08. The number of benzene rings is 1. The molecule has 118 valence electrons. The van der Waals surface area contributed by atoms with Gasteiger partial charge in [-0.15, -0.1) is 0 Å². The molecule has 1 aromatic carbocycles. The third-order valence-electron chi connectivity index (χ3n) is 2.92. The van der Waals surface area contributed by atoms with Crippen molar-refractivity contribution in [1.29, 1.82) is 0 Å². The lowest BCUT2D eigenvalue weighted by atomic mass is 10.2. The SMILES string of the molecule is CCOC(C)Oc1ccc(C=C[Si](OC)(OC)OC)cc1. The average Bonchev–Trinajstić information content (AvgIpc) is 2.51. The highest BCUT2D eigenvalue weighted by molar-refractivity contribution is 6.66. The Kier molecular flexibility index (Phi) is 7.63. The summed E-state index contributed by atoms with van der Waals surface area (Å²) in [5.41, 5.74) is 2.85. The number of ether oxygens (including phenoxy) is 2. The van der Waals surface area contributed by atoms with Crippen LogP contribution in [0.15, 0.2) is 30.0 Å². The number of rotatable bonds is 9. The van der Waals surface area contributed by atoms with E-state index in [0.717, 1.165) is 11.3 Å². The Morgan fingerprint density at radius 1 is 1.05 bits per heavy atom. The summed E-state index contributed by atoms with van der Waals surface area (Å²) < 4.78 is 26.9. The van der Waals surface area contributed by atoms with E-state index in [1.807, 2.05) is 49.9 Å². The monoisotopic (exact) mass is 312 g/mol. The third kappa shape index (κ3) is 5.60. The molecule has 0 heterocycles. The van der Waals surface area contributed by atoms with Gasteiger partial charge in [0.15, 0.2) is 6.29 Å². The van der Waals surface area contributed by atoms with Crippen LogP contribution in [0.4, 0.5) is 0 Å². The highest BCUT2D eigenvalue weighted by atomic mass is 28.4. The highest BCUT2D eigenvalue weighted by Gasteiger charge is 2.34. The second kappa shape index (κ2) is 8.96. The molecular formula is C15H24O5Si. The van der Waals surface area contributed by atoms with Gasteiger partial charge in [-0.3, -0.25) is 0 Å². The van der Waals surface area contributed by atoms with Crippen LogP contribution in [-0.4, -0.2) is 43.0 Å². The van der Waals surface area contributed by atoms with E-state index in [9.17, 15) is 0 Å². The van der Waals surface area contributed by atoms with E-state index in [4.69, 9.17) is 22.8 Å². The Hall–Kier alpha value is -1.18. The molecule has 0 N–H and O–H groups in total. The van der Waals surface area contributed by atoms with Crippen molar-refractivity contribution in [1.82, 2.24) is 0 Å². The quantitative estimate of drug-likeness (QED) is 0.518. The molecule has 1 unspecified atom stereocenters. The predicted molar refractivity (Wildman–Crippen MR) is 84.0 cm³/mol. The van der Waals surface area contributed by atoms with Crippen molar-refractivity contribution < 1.29 is 22.8 Å². The van der Waals surface area contributed by atoms with Crippen molar-refractivity contribution in [3.63, 3.8) is 0 Å². The minimum atomic E-state index is -2.68. The maximum atomic E-state index is 5.61. The molecule has 0 saturated carbocycles. The first-order valence-corrected chi connectivity index (χ1v) is 8.62. The van der Waals surface area contributed by atoms with E-state index in [2.05, 4.69) is 0 Å². The summed E-state index contributed by atoms with van der Waals surface area (Å²) >= 11 is 0. The molecule has 21 heavy (non-hydrogen) atoms. The van der Waals surface area contributed by atoms with Gasteiger partial charge >= 0.3 is 8.80 Å². The minimum absolute atomic E-state index is 0.257. The first-order chi connectivity index (χ1) is 10.1. The second-order valence-corrected chi connectivity index (χ2v) is 7.02. The van der Waals surface area contributed by atoms with Crippen LogP contribution in [0.1, 0.15) is 19.4 Å². The Morgan fingerprint density at radius 2 is 1.62 bits per heavy atom. The lowest BCUT2D eigenvalue weighted by Gasteiger charge is -2.20. The Morgan fingerprint density at radius 3 is 2.10 bits per heavy atom. The molecule has 0 aromatic heterocycles. The van der Waals surface area contributed by atoms with E-state index < -0.39 is 8.80 Å². The molecule has 0 aliphatic rings. The lowest BCUT2D eigenvalue weighted by molar-refractivity contribution is -0.0613. The van der Waals surface area contributed by atoms with Crippen LogP contribution >= 0.6 is 0 Å². The van der Waals surface area contributed by atoms with Crippen molar-refractivity contribution in [3.8, 4) is 5.75 Å². The molecule has 0 aliphatic heterocycles. The maximum Gasteiger partial charge on any atom is 0.528 e. The van der Waals surface area contributed by atoms with Crippen molar-refractivity contribution in [2.45, 2.75) is 20.1 Å². The van der Waals surface area contributed by atoms with Crippen molar-refractivity contribution in [3.05, 3.63) is 35.5 Å². The number of hydrogen-bond acceptors (Lipinski definition) is 5. The molecule has 0 saturated heterocycles. The molecule has 0 aliphatic carbocycles. The van der Waals surface area contributed by atoms with Gasteiger partial charge in [0.1, 0.15) is 5.75 Å². The molecule has 0 fully saturated rings. The largest absolute Gasteiger partial charge is 0.528 e. The molecule has 0 radical (unpaired) electrons. The topological polar surface area (TPSA) is 46.2 Å². The maximum absolute atomic E-state index is 5.61. The summed E-state index contributed by atoms with van der Waals surface area (Å²) in [6.07, 6.45) is 1.66. The van der Waals surface area contributed by atoms with Gasteiger partial charge in [0, 0.05) is 27.9 Å². The summed E-state index contributed by atoms with van der Waals surface area (Å²) in [6.45, 7) is 4.43. The average molecular weight is 312 g/mol. The minimum Gasteiger partial charge on any atom is -0.465 e. The van der Waals surface area contributed by atoms with Crippen LogP contribution in [0.2, 0.25) is 0 Å². The van der Waals surface area contributed by atoms with Gasteiger partial charge in [0.2, 0.25) is 0 Å². The second-order valence-electron chi connectivity index (χ2n) is 4.26.